The van der Waals surface area contributed by atoms with Crippen LogP contribution in [0.4, 0.5) is 5.69 Å². The molecule has 0 spiro atoms. The van der Waals surface area contributed by atoms with Crippen molar-refractivity contribution >= 4 is 33.7 Å². The number of rotatable bonds is 3. The molecule has 0 bridgehead atoms. The number of carbonyl (C=O) groups is 1. The van der Waals surface area contributed by atoms with Crippen LogP contribution in [-0.2, 0) is 0 Å². The molecule has 0 radical (unpaired) electrons. The Bertz CT molecular complexity index is 1110. The summed E-state index contributed by atoms with van der Waals surface area (Å²) in [5, 5.41) is 3.60. The highest BCUT2D eigenvalue weighted by molar-refractivity contribution is 6.13. The maximum absolute atomic E-state index is 12.8. The van der Waals surface area contributed by atoms with E-state index in [2.05, 4.69) is 10.3 Å². The first-order chi connectivity index (χ1) is 12.0. The molecule has 0 saturated carbocycles. The zero-order valence-electron chi connectivity index (χ0n) is 14.0. The molecule has 0 unspecified atom stereocenters. The highest BCUT2D eigenvalue weighted by Gasteiger charge is 2.19. The number of ether oxygens (including phenoxy) is 1. The van der Waals surface area contributed by atoms with Crippen LogP contribution in [0.5, 0.6) is 5.75 Å². The minimum absolute atomic E-state index is 0.250. The number of fused-ring (bicyclic) bond motifs is 2. The van der Waals surface area contributed by atoms with E-state index in [4.69, 9.17) is 13.6 Å². The van der Waals surface area contributed by atoms with Crippen LogP contribution in [0.2, 0.25) is 0 Å². The molecule has 25 heavy (non-hydrogen) atoms. The molecule has 126 valence electrons. The average Bonchev–Trinajstić information content (AvgIpc) is 3.11. The van der Waals surface area contributed by atoms with Crippen molar-refractivity contribution in [3.63, 3.8) is 0 Å². The predicted octanol–water partition coefficient (Wildman–Crippen LogP) is 4.45. The molecule has 1 N–H and O–H groups in total. The Morgan fingerprint density at radius 2 is 1.92 bits per heavy atom. The van der Waals surface area contributed by atoms with Gasteiger partial charge in [-0.25, -0.2) is 4.98 Å². The molecule has 0 aliphatic carbocycles. The molecule has 0 atom stereocenters. The van der Waals surface area contributed by atoms with Crippen molar-refractivity contribution in [3.05, 3.63) is 53.6 Å². The summed E-state index contributed by atoms with van der Waals surface area (Å²) in [7, 11) is 1.59. The van der Waals surface area contributed by atoms with Gasteiger partial charge in [0.05, 0.1) is 12.7 Å². The van der Waals surface area contributed by atoms with Gasteiger partial charge in [0.2, 0.25) is 0 Å². The number of hydrogen-bond acceptors (Lipinski definition) is 5. The molecule has 0 aliphatic heterocycles. The Hall–Kier alpha value is -3.28. The zero-order valence-corrected chi connectivity index (χ0v) is 14.0. The van der Waals surface area contributed by atoms with Gasteiger partial charge in [0.15, 0.2) is 11.5 Å². The number of aromatic nitrogens is 1. The Morgan fingerprint density at radius 1 is 1.08 bits per heavy atom. The lowest BCUT2D eigenvalue weighted by atomic mass is 10.1. The summed E-state index contributed by atoms with van der Waals surface area (Å²) in [5.74, 6) is 1.56. The average molecular weight is 336 g/mol. The van der Waals surface area contributed by atoms with Gasteiger partial charge in [0.25, 0.3) is 5.91 Å². The second kappa shape index (κ2) is 5.66. The molecule has 0 fully saturated rings. The monoisotopic (exact) mass is 336 g/mol. The molecule has 6 nitrogen and oxygen atoms in total. The van der Waals surface area contributed by atoms with Crippen molar-refractivity contribution < 1.29 is 18.4 Å². The third-order valence-electron chi connectivity index (χ3n) is 4.05. The first kappa shape index (κ1) is 15.3. The number of amides is 1. The van der Waals surface area contributed by atoms with Crippen LogP contribution in [0.25, 0.3) is 22.1 Å². The van der Waals surface area contributed by atoms with E-state index in [9.17, 15) is 4.79 Å². The first-order valence-electron chi connectivity index (χ1n) is 7.81. The topological polar surface area (TPSA) is 77.5 Å². The summed E-state index contributed by atoms with van der Waals surface area (Å²) in [5.41, 5.74) is 3.15. The van der Waals surface area contributed by atoms with Crippen LogP contribution in [0.15, 0.2) is 45.2 Å². The standard InChI is InChI=1S/C19H16N2O4/c1-10-18(14-9-13(23-3)5-7-16(14)24-10)19(22)21-12-4-6-15-17(8-12)25-11(2)20-15/h4-9H,1-3H3,(H,21,22). The maximum atomic E-state index is 12.8. The second-order valence-corrected chi connectivity index (χ2v) is 5.76. The molecule has 0 aliphatic rings. The Labute approximate surface area is 143 Å². The van der Waals surface area contributed by atoms with Gasteiger partial charge in [-0.2, -0.15) is 0 Å². The first-order valence-corrected chi connectivity index (χ1v) is 7.81. The number of hydrogen-bond donors (Lipinski definition) is 1. The van der Waals surface area contributed by atoms with Gasteiger partial charge < -0.3 is 18.9 Å². The number of anilines is 1. The minimum atomic E-state index is -0.250. The fraction of sp³-hybridized carbons (Fsp3) is 0.158. The maximum Gasteiger partial charge on any atom is 0.259 e. The van der Waals surface area contributed by atoms with Gasteiger partial charge in [-0.3, -0.25) is 4.79 Å². The number of furan rings is 1. The van der Waals surface area contributed by atoms with Crippen LogP contribution in [0, 0.1) is 13.8 Å². The Kier molecular flexibility index (Phi) is 3.46. The summed E-state index contributed by atoms with van der Waals surface area (Å²) < 4.78 is 16.4. The lowest BCUT2D eigenvalue weighted by Gasteiger charge is -2.05. The summed E-state index contributed by atoms with van der Waals surface area (Å²) in [6.07, 6.45) is 0. The molecular weight excluding hydrogens is 320 g/mol. The van der Waals surface area contributed by atoms with Crippen LogP contribution in [-0.4, -0.2) is 18.0 Å². The van der Waals surface area contributed by atoms with Gasteiger partial charge in [0, 0.05) is 24.1 Å². The van der Waals surface area contributed by atoms with Crippen molar-refractivity contribution in [1.29, 1.82) is 0 Å². The number of aryl methyl sites for hydroxylation is 2. The third kappa shape index (κ3) is 2.61. The molecule has 4 rings (SSSR count). The van der Waals surface area contributed by atoms with Crippen molar-refractivity contribution in [3.8, 4) is 5.75 Å². The molecular formula is C19H16N2O4. The Balaban J connectivity index is 1.72. The van der Waals surface area contributed by atoms with E-state index in [-0.39, 0.29) is 5.91 Å². The highest BCUT2D eigenvalue weighted by atomic mass is 16.5. The normalized spacial score (nSPS) is 11.2. The quantitative estimate of drug-likeness (QED) is 0.598. The van der Waals surface area contributed by atoms with Gasteiger partial charge in [-0.05, 0) is 37.3 Å². The van der Waals surface area contributed by atoms with Crippen LogP contribution >= 0.6 is 0 Å². The Morgan fingerprint density at radius 3 is 2.72 bits per heavy atom. The number of benzene rings is 2. The van der Waals surface area contributed by atoms with Gasteiger partial charge >= 0.3 is 0 Å². The van der Waals surface area contributed by atoms with Gasteiger partial charge in [-0.15, -0.1) is 0 Å². The molecule has 4 aromatic rings. The summed E-state index contributed by atoms with van der Waals surface area (Å²) >= 11 is 0. The van der Waals surface area contributed by atoms with Crippen molar-refractivity contribution in [2.45, 2.75) is 13.8 Å². The smallest absolute Gasteiger partial charge is 0.259 e. The number of oxazole rings is 1. The highest BCUT2D eigenvalue weighted by Crippen LogP contribution is 2.30. The van der Waals surface area contributed by atoms with Crippen molar-refractivity contribution in [2.24, 2.45) is 0 Å². The van der Waals surface area contributed by atoms with E-state index in [0.717, 1.165) is 5.52 Å². The van der Waals surface area contributed by atoms with E-state index in [0.29, 0.717) is 45.2 Å². The number of nitrogens with zero attached hydrogens (tertiary/aromatic N) is 1. The number of carbonyl (C=O) groups excluding carboxylic acids is 1. The second-order valence-electron chi connectivity index (χ2n) is 5.76. The van der Waals surface area contributed by atoms with Gasteiger partial charge in [0.1, 0.15) is 22.6 Å². The molecule has 2 aromatic heterocycles. The van der Waals surface area contributed by atoms with E-state index >= 15 is 0 Å². The fourth-order valence-electron chi connectivity index (χ4n) is 2.92. The van der Waals surface area contributed by atoms with Crippen molar-refractivity contribution in [2.75, 3.05) is 12.4 Å². The SMILES string of the molecule is COc1ccc2oc(C)c(C(=O)Nc3ccc4nc(C)oc4c3)c2c1. The third-order valence-corrected chi connectivity index (χ3v) is 4.05. The molecule has 0 saturated heterocycles. The van der Waals surface area contributed by atoms with Crippen LogP contribution in [0.1, 0.15) is 22.0 Å². The number of methoxy groups -OCH3 is 1. The van der Waals surface area contributed by atoms with E-state index in [1.807, 2.05) is 6.07 Å². The molecule has 1 amide bonds. The number of nitrogens with one attached hydrogen (secondary N) is 1. The zero-order chi connectivity index (χ0) is 17.6. The summed E-state index contributed by atoms with van der Waals surface area (Å²) in [4.78, 5) is 17.0. The van der Waals surface area contributed by atoms with E-state index < -0.39 is 0 Å². The van der Waals surface area contributed by atoms with E-state index in [1.54, 1.807) is 51.3 Å². The summed E-state index contributed by atoms with van der Waals surface area (Å²) in [6.45, 7) is 3.55. The fourth-order valence-corrected chi connectivity index (χ4v) is 2.92. The lowest BCUT2D eigenvalue weighted by molar-refractivity contribution is 0.102. The molecule has 2 aromatic carbocycles. The van der Waals surface area contributed by atoms with Crippen LogP contribution < -0.4 is 10.1 Å². The summed E-state index contributed by atoms with van der Waals surface area (Å²) in [6, 6.07) is 10.7. The van der Waals surface area contributed by atoms with Crippen LogP contribution in [0.3, 0.4) is 0 Å². The largest absolute Gasteiger partial charge is 0.497 e. The predicted molar refractivity (Wildman–Crippen MR) is 94.2 cm³/mol. The van der Waals surface area contributed by atoms with Gasteiger partial charge in [-0.1, -0.05) is 0 Å². The molecule has 2 heterocycles. The lowest BCUT2D eigenvalue weighted by Crippen LogP contribution is -2.12. The minimum Gasteiger partial charge on any atom is -0.497 e. The molecule has 6 heteroatoms. The van der Waals surface area contributed by atoms with E-state index in [1.165, 1.54) is 0 Å². The van der Waals surface area contributed by atoms with Crippen molar-refractivity contribution in [1.82, 2.24) is 4.98 Å².